The van der Waals surface area contributed by atoms with Gasteiger partial charge in [-0.2, -0.15) is 0 Å². The molecular formula is C18H20ClNO3S. The average Bonchev–Trinajstić information content (AvgIpc) is 2.96. The Bertz CT molecular complexity index is 758. The molecule has 0 bridgehead atoms. The van der Waals surface area contributed by atoms with E-state index in [0.717, 1.165) is 42.3 Å². The minimum atomic E-state index is -0.528. The van der Waals surface area contributed by atoms with E-state index >= 15 is 0 Å². The average molecular weight is 366 g/mol. The summed E-state index contributed by atoms with van der Waals surface area (Å²) in [6, 6.07) is 7.82. The van der Waals surface area contributed by atoms with Crippen LogP contribution in [0.1, 0.15) is 42.3 Å². The van der Waals surface area contributed by atoms with Crippen molar-refractivity contribution < 1.29 is 14.3 Å². The summed E-state index contributed by atoms with van der Waals surface area (Å²) in [4.78, 5) is 26.9. The van der Waals surface area contributed by atoms with Crippen molar-refractivity contribution in [2.45, 2.75) is 38.6 Å². The van der Waals surface area contributed by atoms with Crippen molar-refractivity contribution in [1.82, 2.24) is 4.90 Å². The zero-order valence-corrected chi connectivity index (χ0v) is 15.2. The smallest absolute Gasteiger partial charge is 0.350 e. The van der Waals surface area contributed by atoms with Gasteiger partial charge in [-0.3, -0.25) is 4.79 Å². The molecule has 1 aromatic heterocycles. The van der Waals surface area contributed by atoms with Crippen LogP contribution in [0, 0.1) is 0 Å². The number of amides is 1. The Labute approximate surface area is 150 Å². The van der Waals surface area contributed by atoms with Gasteiger partial charge in [-0.15, -0.1) is 11.3 Å². The van der Waals surface area contributed by atoms with Gasteiger partial charge in [-0.25, -0.2) is 4.79 Å². The minimum absolute atomic E-state index is 0.118. The molecule has 0 saturated carbocycles. The summed E-state index contributed by atoms with van der Waals surface area (Å²) in [5, 5.41) is 1.24. The number of hydrogen-bond donors (Lipinski definition) is 0. The van der Waals surface area contributed by atoms with Crippen molar-refractivity contribution in [2.75, 3.05) is 13.2 Å². The second-order valence-electron chi connectivity index (χ2n) is 5.96. The van der Waals surface area contributed by atoms with Crippen LogP contribution in [0.4, 0.5) is 0 Å². The van der Waals surface area contributed by atoms with Crippen molar-refractivity contribution in [2.24, 2.45) is 0 Å². The van der Waals surface area contributed by atoms with Crippen LogP contribution in [0.3, 0.4) is 0 Å². The fourth-order valence-corrected chi connectivity index (χ4v) is 4.58. The molecule has 4 nitrogen and oxygen atoms in total. The highest BCUT2D eigenvalue weighted by Gasteiger charge is 2.26. The zero-order valence-electron chi connectivity index (χ0n) is 13.6. The monoisotopic (exact) mass is 365 g/mol. The number of esters is 1. The number of halogens is 1. The summed E-state index contributed by atoms with van der Waals surface area (Å²) in [6.07, 6.45) is 4.12. The van der Waals surface area contributed by atoms with E-state index in [2.05, 4.69) is 6.92 Å². The van der Waals surface area contributed by atoms with Crippen LogP contribution in [0.5, 0.6) is 0 Å². The number of benzene rings is 1. The lowest BCUT2D eigenvalue weighted by Crippen LogP contribution is -2.45. The minimum Gasteiger partial charge on any atom is -0.451 e. The molecule has 0 spiro atoms. The first-order valence-electron chi connectivity index (χ1n) is 8.25. The Kier molecular flexibility index (Phi) is 5.41. The lowest BCUT2D eigenvalue weighted by atomic mass is 10.00. The number of piperidine rings is 1. The molecule has 1 aliphatic rings. The maximum atomic E-state index is 12.4. The van der Waals surface area contributed by atoms with E-state index in [1.165, 1.54) is 11.3 Å². The van der Waals surface area contributed by atoms with Crippen LogP contribution in [0.25, 0.3) is 10.1 Å². The highest BCUT2D eigenvalue weighted by molar-refractivity contribution is 7.21. The van der Waals surface area contributed by atoms with Gasteiger partial charge in [0.05, 0.1) is 5.02 Å². The van der Waals surface area contributed by atoms with Crippen LogP contribution in [-0.2, 0) is 9.53 Å². The van der Waals surface area contributed by atoms with E-state index in [9.17, 15) is 9.59 Å². The number of ether oxygens (including phenoxy) is 1. The Morgan fingerprint density at radius 3 is 2.88 bits per heavy atom. The summed E-state index contributed by atoms with van der Waals surface area (Å²) in [7, 11) is 0. The molecule has 2 aromatic rings. The molecule has 0 aliphatic carbocycles. The largest absolute Gasteiger partial charge is 0.451 e. The van der Waals surface area contributed by atoms with Gasteiger partial charge in [-0.05, 0) is 31.7 Å². The highest BCUT2D eigenvalue weighted by Crippen LogP contribution is 2.35. The summed E-state index contributed by atoms with van der Waals surface area (Å²) in [5.74, 6) is -0.647. The molecule has 1 saturated heterocycles. The second-order valence-corrected chi connectivity index (χ2v) is 7.39. The normalized spacial score (nSPS) is 17.9. The summed E-state index contributed by atoms with van der Waals surface area (Å²) >= 11 is 7.57. The number of fused-ring (bicyclic) bond motifs is 1. The molecule has 1 aliphatic heterocycles. The molecule has 0 N–H and O–H groups in total. The predicted octanol–water partition coefficient (Wildman–Crippen LogP) is 4.50. The number of likely N-dealkylation sites (tertiary alicyclic amines) is 1. The van der Waals surface area contributed by atoms with Crippen molar-refractivity contribution >= 4 is 44.9 Å². The molecule has 128 valence electrons. The Morgan fingerprint density at radius 2 is 2.12 bits per heavy atom. The van der Waals surface area contributed by atoms with Crippen LogP contribution in [0.15, 0.2) is 24.3 Å². The number of thiophene rings is 1. The molecule has 6 heteroatoms. The summed E-state index contributed by atoms with van der Waals surface area (Å²) in [5.41, 5.74) is 0. The summed E-state index contributed by atoms with van der Waals surface area (Å²) < 4.78 is 6.18. The standard InChI is InChI=1S/C18H20ClNO3S/c1-2-12-7-5-6-10-20(12)15(21)11-23-18(22)17-16(19)13-8-3-4-9-14(13)24-17/h3-4,8-9,12H,2,5-7,10-11H2,1H3/t12-/m1/s1. The van der Waals surface area contributed by atoms with E-state index in [1.54, 1.807) is 0 Å². The van der Waals surface area contributed by atoms with Gasteiger partial charge in [0.15, 0.2) is 6.61 Å². The molecule has 24 heavy (non-hydrogen) atoms. The van der Waals surface area contributed by atoms with Gasteiger partial charge in [-0.1, -0.05) is 36.7 Å². The van der Waals surface area contributed by atoms with Crippen molar-refractivity contribution in [3.8, 4) is 0 Å². The van der Waals surface area contributed by atoms with Crippen molar-refractivity contribution in [3.63, 3.8) is 0 Å². The first-order chi connectivity index (χ1) is 11.6. The summed E-state index contributed by atoms with van der Waals surface area (Å²) in [6.45, 7) is 2.61. The number of rotatable bonds is 4. The maximum absolute atomic E-state index is 12.4. The molecular weight excluding hydrogens is 346 g/mol. The van der Waals surface area contributed by atoms with Gasteiger partial charge in [0.2, 0.25) is 0 Å². The number of carbonyl (C=O) groups is 2. The van der Waals surface area contributed by atoms with Gasteiger partial charge >= 0.3 is 5.97 Å². The Balaban J connectivity index is 1.66. The van der Waals surface area contributed by atoms with Gasteiger partial charge < -0.3 is 9.64 Å². The van der Waals surface area contributed by atoms with Crippen LogP contribution >= 0.6 is 22.9 Å². The van der Waals surface area contributed by atoms with Gasteiger partial charge in [0.25, 0.3) is 5.91 Å². The second kappa shape index (κ2) is 7.53. The first kappa shape index (κ1) is 17.2. The lowest BCUT2D eigenvalue weighted by molar-refractivity contribution is -0.138. The zero-order chi connectivity index (χ0) is 17.1. The third-order valence-corrected chi connectivity index (χ3v) is 6.12. The first-order valence-corrected chi connectivity index (χ1v) is 9.45. The fourth-order valence-electron chi connectivity index (χ4n) is 3.17. The molecule has 1 amide bonds. The topological polar surface area (TPSA) is 46.6 Å². The van der Waals surface area contributed by atoms with Crippen LogP contribution in [0.2, 0.25) is 5.02 Å². The predicted molar refractivity (Wildman–Crippen MR) is 96.8 cm³/mol. The fraction of sp³-hybridized carbons (Fsp3) is 0.444. The van der Waals surface area contributed by atoms with E-state index in [1.807, 2.05) is 29.2 Å². The van der Waals surface area contributed by atoms with Crippen molar-refractivity contribution in [3.05, 3.63) is 34.2 Å². The van der Waals surface area contributed by atoms with E-state index in [0.29, 0.717) is 9.90 Å². The molecule has 0 unspecified atom stereocenters. The number of carbonyl (C=O) groups excluding carboxylic acids is 2. The SMILES string of the molecule is CC[C@@H]1CCCCN1C(=O)COC(=O)c1sc2ccccc2c1Cl. The maximum Gasteiger partial charge on any atom is 0.350 e. The van der Waals surface area contributed by atoms with Gasteiger partial charge in [0.1, 0.15) is 4.88 Å². The Hall–Kier alpha value is -1.59. The molecule has 1 aromatic carbocycles. The van der Waals surface area contributed by atoms with E-state index in [-0.39, 0.29) is 18.6 Å². The quantitative estimate of drug-likeness (QED) is 0.749. The van der Waals surface area contributed by atoms with Crippen LogP contribution < -0.4 is 0 Å². The van der Waals surface area contributed by atoms with E-state index < -0.39 is 5.97 Å². The molecule has 1 atom stereocenters. The lowest BCUT2D eigenvalue weighted by Gasteiger charge is -2.35. The van der Waals surface area contributed by atoms with Gasteiger partial charge in [0, 0.05) is 22.7 Å². The number of hydrogen-bond acceptors (Lipinski definition) is 4. The third-order valence-electron chi connectivity index (χ3n) is 4.47. The Morgan fingerprint density at radius 1 is 1.33 bits per heavy atom. The molecule has 0 radical (unpaired) electrons. The molecule has 1 fully saturated rings. The molecule has 2 heterocycles. The number of nitrogens with zero attached hydrogens (tertiary/aromatic N) is 1. The highest BCUT2D eigenvalue weighted by atomic mass is 35.5. The van der Waals surface area contributed by atoms with Crippen LogP contribution in [-0.4, -0.2) is 36.0 Å². The molecule has 3 rings (SSSR count). The van der Waals surface area contributed by atoms with Crippen molar-refractivity contribution in [1.29, 1.82) is 0 Å². The third kappa shape index (κ3) is 3.42. The van der Waals surface area contributed by atoms with E-state index in [4.69, 9.17) is 16.3 Å².